The number of nitrogens with zero attached hydrogens (tertiary/aromatic N) is 3. The smallest absolute Gasteiger partial charge is 0.274 e. The number of carbonyl (C=O) groups excluding carboxylic acids is 2. The van der Waals surface area contributed by atoms with E-state index in [0.29, 0.717) is 31.6 Å². The van der Waals surface area contributed by atoms with Crippen molar-refractivity contribution in [1.29, 1.82) is 0 Å². The lowest BCUT2D eigenvalue weighted by molar-refractivity contribution is -0.130. The van der Waals surface area contributed by atoms with E-state index in [1.54, 1.807) is 11.1 Å². The Labute approximate surface area is 188 Å². The van der Waals surface area contributed by atoms with Gasteiger partial charge in [-0.15, -0.1) is 0 Å². The number of carbonyl (C=O) groups is 2. The number of hydrogen-bond donors (Lipinski definition) is 1. The first kappa shape index (κ1) is 21.7. The molecule has 1 aliphatic heterocycles. The van der Waals surface area contributed by atoms with Gasteiger partial charge in [0.15, 0.2) is 0 Å². The third-order valence-electron chi connectivity index (χ3n) is 5.93. The highest BCUT2D eigenvalue weighted by molar-refractivity contribution is 5.93. The largest absolute Gasteiger partial charge is 0.353 e. The van der Waals surface area contributed by atoms with Crippen LogP contribution in [0, 0.1) is 5.41 Å². The summed E-state index contributed by atoms with van der Waals surface area (Å²) in [6.45, 7) is 4.79. The molecule has 1 N–H and O–H groups in total. The molecule has 2 amide bonds. The minimum atomic E-state index is -0.670. The Hall–Kier alpha value is -3.54. The van der Waals surface area contributed by atoms with Gasteiger partial charge in [0, 0.05) is 31.5 Å². The molecule has 4 rings (SSSR count). The summed E-state index contributed by atoms with van der Waals surface area (Å²) in [6, 6.07) is 18.6. The second-order valence-corrected chi connectivity index (χ2v) is 8.72. The van der Waals surface area contributed by atoms with Gasteiger partial charge in [0.2, 0.25) is 5.91 Å². The van der Waals surface area contributed by atoms with E-state index in [1.807, 2.05) is 32.0 Å². The van der Waals surface area contributed by atoms with E-state index in [-0.39, 0.29) is 17.9 Å². The van der Waals surface area contributed by atoms with Crippen LogP contribution >= 0.6 is 0 Å². The molecule has 164 valence electrons. The Bertz CT molecular complexity index is 1070. The predicted octanol–water partition coefficient (Wildman–Crippen LogP) is 3.74. The summed E-state index contributed by atoms with van der Waals surface area (Å²) in [5, 5.41) is 3.08. The van der Waals surface area contributed by atoms with Crippen LogP contribution in [0.2, 0.25) is 0 Å². The number of hydrogen-bond acceptors (Lipinski definition) is 4. The topological polar surface area (TPSA) is 75.2 Å². The Kier molecular flexibility index (Phi) is 6.30. The third kappa shape index (κ3) is 4.69. The van der Waals surface area contributed by atoms with Crippen LogP contribution in [0.5, 0.6) is 0 Å². The van der Waals surface area contributed by atoms with Crippen molar-refractivity contribution in [1.82, 2.24) is 20.2 Å². The molecule has 0 saturated carbocycles. The van der Waals surface area contributed by atoms with Crippen LogP contribution in [0.25, 0.3) is 11.1 Å². The van der Waals surface area contributed by atoms with Gasteiger partial charge in [-0.3, -0.25) is 14.6 Å². The van der Waals surface area contributed by atoms with Crippen LogP contribution in [0.1, 0.15) is 36.3 Å². The zero-order chi connectivity index (χ0) is 22.6. The first-order valence-electron chi connectivity index (χ1n) is 11.0. The van der Waals surface area contributed by atoms with Crippen molar-refractivity contribution in [2.45, 2.75) is 32.7 Å². The van der Waals surface area contributed by atoms with Crippen molar-refractivity contribution >= 4 is 11.8 Å². The Morgan fingerprint density at radius 2 is 1.75 bits per heavy atom. The number of amides is 2. The maximum Gasteiger partial charge on any atom is 0.274 e. The number of aromatic nitrogens is 2. The Morgan fingerprint density at radius 1 is 1.03 bits per heavy atom. The average Bonchev–Trinajstić information content (AvgIpc) is 3.25. The van der Waals surface area contributed by atoms with Crippen LogP contribution in [-0.2, 0) is 11.2 Å². The summed E-state index contributed by atoms with van der Waals surface area (Å²) in [4.78, 5) is 36.1. The molecule has 0 aliphatic carbocycles. The molecule has 2 aromatic carbocycles. The number of benzene rings is 2. The van der Waals surface area contributed by atoms with E-state index in [0.717, 1.165) is 16.7 Å². The highest BCUT2D eigenvalue weighted by Gasteiger charge is 2.46. The molecule has 1 aromatic heterocycles. The molecule has 6 heteroatoms. The number of likely N-dealkylation sites (tertiary alicyclic amines) is 1. The molecular formula is C26H28N4O2. The van der Waals surface area contributed by atoms with Crippen molar-refractivity contribution in [3.05, 3.63) is 84.4 Å². The van der Waals surface area contributed by atoms with E-state index in [1.165, 1.54) is 12.4 Å². The van der Waals surface area contributed by atoms with Crippen molar-refractivity contribution in [3.63, 3.8) is 0 Å². The predicted molar refractivity (Wildman–Crippen MR) is 124 cm³/mol. The summed E-state index contributed by atoms with van der Waals surface area (Å²) >= 11 is 0. The van der Waals surface area contributed by atoms with E-state index < -0.39 is 5.41 Å². The van der Waals surface area contributed by atoms with Gasteiger partial charge < -0.3 is 10.2 Å². The lowest BCUT2D eigenvalue weighted by atomic mass is 9.79. The molecule has 0 radical (unpaired) electrons. The quantitative estimate of drug-likeness (QED) is 0.649. The van der Waals surface area contributed by atoms with Crippen LogP contribution in [0.4, 0.5) is 0 Å². The molecular weight excluding hydrogens is 400 g/mol. The zero-order valence-electron chi connectivity index (χ0n) is 18.5. The molecule has 3 aromatic rings. The summed E-state index contributed by atoms with van der Waals surface area (Å²) in [6.07, 6.45) is 5.71. The highest BCUT2D eigenvalue weighted by Crippen LogP contribution is 2.36. The standard InChI is InChI=1S/C26H28N4O2/c1-19(2)29-25(32)26(12-15-30(18-26)24(31)23-17-27-13-14-28-23)16-20-8-10-22(11-9-20)21-6-4-3-5-7-21/h3-11,13-14,17,19H,12,15-16,18H2,1-2H3,(H,29,32). The fourth-order valence-corrected chi connectivity index (χ4v) is 4.28. The molecule has 32 heavy (non-hydrogen) atoms. The molecule has 1 atom stereocenters. The zero-order valence-corrected chi connectivity index (χ0v) is 18.5. The molecule has 2 heterocycles. The molecule has 1 saturated heterocycles. The van der Waals surface area contributed by atoms with Gasteiger partial charge in [0.1, 0.15) is 5.69 Å². The van der Waals surface area contributed by atoms with Gasteiger partial charge in [-0.2, -0.15) is 0 Å². The monoisotopic (exact) mass is 428 g/mol. The molecule has 1 fully saturated rings. The first-order valence-corrected chi connectivity index (χ1v) is 11.0. The number of nitrogens with one attached hydrogen (secondary N) is 1. The summed E-state index contributed by atoms with van der Waals surface area (Å²) in [5.41, 5.74) is 3.02. The van der Waals surface area contributed by atoms with E-state index in [2.05, 4.69) is 51.7 Å². The Morgan fingerprint density at radius 3 is 2.41 bits per heavy atom. The second kappa shape index (κ2) is 9.30. The van der Waals surface area contributed by atoms with Gasteiger partial charge >= 0.3 is 0 Å². The van der Waals surface area contributed by atoms with Crippen molar-refractivity contribution in [2.75, 3.05) is 13.1 Å². The molecule has 0 spiro atoms. The fraction of sp³-hybridized carbons (Fsp3) is 0.308. The summed E-state index contributed by atoms with van der Waals surface area (Å²) in [7, 11) is 0. The number of rotatable bonds is 6. The second-order valence-electron chi connectivity index (χ2n) is 8.72. The van der Waals surface area contributed by atoms with Crippen molar-refractivity contribution in [2.24, 2.45) is 5.41 Å². The minimum absolute atomic E-state index is 0.00548. The van der Waals surface area contributed by atoms with E-state index >= 15 is 0 Å². The SMILES string of the molecule is CC(C)NC(=O)C1(Cc2ccc(-c3ccccc3)cc2)CCN(C(=O)c2cnccn2)C1. The normalized spacial score (nSPS) is 18.0. The van der Waals surface area contributed by atoms with E-state index in [9.17, 15) is 9.59 Å². The van der Waals surface area contributed by atoms with Crippen LogP contribution in [0.15, 0.2) is 73.2 Å². The average molecular weight is 429 g/mol. The lowest BCUT2D eigenvalue weighted by Gasteiger charge is -2.29. The minimum Gasteiger partial charge on any atom is -0.353 e. The third-order valence-corrected chi connectivity index (χ3v) is 5.93. The molecule has 1 aliphatic rings. The van der Waals surface area contributed by atoms with E-state index in [4.69, 9.17) is 0 Å². The van der Waals surface area contributed by atoms with Crippen molar-refractivity contribution in [3.8, 4) is 11.1 Å². The highest BCUT2D eigenvalue weighted by atomic mass is 16.2. The molecule has 0 bridgehead atoms. The van der Waals surface area contributed by atoms with Crippen LogP contribution in [0.3, 0.4) is 0 Å². The lowest BCUT2D eigenvalue weighted by Crippen LogP contribution is -2.47. The van der Waals surface area contributed by atoms with Crippen molar-refractivity contribution < 1.29 is 9.59 Å². The first-order chi connectivity index (χ1) is 15.5. The van der Waals surface area contributed by atoms with Gasteiger partial charge in [-0.1, -0.05) is 54.6 Å². The fourth-order valence-electron chi connectivity index (χ4n) is 4.28. The molecule has 1 unspecified atom stereocenters. The molecule has 6 nitrogen and oxygen atoms in total. The maximum absolute atomic E-state index is 13.3. The van der Waals surface area contributed by atoms with Gasteiger partial charge in [0.25, 0.3) is 5.91 Å². The Balaban J connectivity index is 1.56. The van der Waals surface area contributed by atoms with Gasteiger partial charge in [-0.25, -0.2) is 4.98 Å². The maximum atomic E-state index is 13.3. The summed E-state index contributed by atoms with van der Waals surface area (Å²) in [5.74, 6) is -0.189. The van der Waals surface area contributed by atoms with Gasteiger partial charge in [-0.05, 0) is 43.4 Å². The van der Waals surface area contributed by atoms with Gasteiger partial charge in [0.05, 0.1) is 11.6 Å². The summed E-state index contributed by atoms with van der Waals surface area (Å²) < 4.78 is 0. The van der Waals surface area contributed by atoms with Crippen LogP contribution < -0.4 is 5.32 Å². The van der Waals surface area contributed by atoms with Crippen LogP contribution in [-0.4, -0.2) is 45.8 Å².